The van der Waals surface area contributed by atoms with E-state index in [2.05, 4.69) is 11.8 Å². The highest BCUT2D eigenvalue weighted by molar-refractivity contribution is 4.96. The van der Waals surface area contributed by atoms with Gasteiger partial charge in [0.1, 0.15) is 0 Å². The van der Waals surface area contributed by atoms with Crippen LogP contribution >= 0.6 is 0 Å². The van der Waals surface area contributed by atoms with Crippen molar-refractivity contribution in [2.75, 3.05) is 26.2 Å². The van der Waals surface area contributed by atoms with Crippen molar-refractivity contribution in [3.05, 3.63) is 0 Å². The maximum atomic E-state index is 6.04. The van der Waals surface area contributed by atoms with Gasteiger partial charge in [0.25, 0.3) is 0 Å². The van der Waals surface area contributed by atoms with E-state index in [1.54, 1.807) is 0 Å². The molecule has 2 fully saturated rings. The second kappa shape index (κ2) is 5.48. The summed E-state index contributed by atoms with van der Waals surface area (Å²) in [4.78, 5) is 2.59. The summed E-state index contributed by atoms with van der Waals surface area (Å²) >= 11 is 0. The van der Waals surface area contributed by atoms with E-state index >= 15 is 0 Å². The first-order chi connectivity index (χ1) is 7.80. The summed E-state index contributed by atoms with van der Waals surface area (Å²) in [5.41, 5.74) is 6.33. The van der Waals surface area contributed by atoms with Gasteiger partial charge in [0.15, 0.2) is 0 Å². The van der Waals surface area contributed by atoms with Gasteiger partial charge in [-0.2, -0.15) is 0 Å². The summed E-state index contributed by atoms with van der Waals surface area (Å²) in [6.45, 7) is 6.22. The highest BCUT2D eigenvalue weighted by atomic mass is 16.5. The van der Waals surface area contributed by atoms with Crippen LogP contribution in [0.1, 0.15) is 45.4 Å². The summed E-state index contributed by atoms with van der Waals surface area (Å²) in [6.07, 6.45) is 8.19. The van der Waals surface area contributed by atoms with E-state index in [1.807, 2.05) is 0 Å². The molecule has 3 nitrogen and oxygen atoms in total. The zero-order valence-electron chi connectivity index (χ0n) is 10.6. The molecular formula is C13H26N2O. The highest BCUT2D eigenvalue weighted by Crippen LogP contribution is 2.35. The molecule has 2 rings (SSSR count). The van der Waals surface area contributed by atoms with Crippen molar-refractivity contribution in [2.45, 2.75) is 57.1 Å². The molecule has 1 saturated heterocycles. The maximum Gasteiger partial charge on any atom is 0.0703 e. The van der Waals surface area contributed by atoms with Crippen LogP contribution in [0, 0.1) is 0 Å². The van der Waals surface area contributed by atoms with E-state index < -0.39 is 0 Å². The lowest BCUT2D eigenvalue weighted by Crippen LogP contribution is -2.54. The number of rotatable bonds is 5. The minimum Gasteiger partial charge on any atom is -0.377 e. The fourth-order valence-electron chi connectivity index (χ4n) is 3.37. The van der Waals surface area contributed by atoms with E-state index in [4.69, 9.17) is 10.5 Å². The normalized spacial score (nSPS) is 29.1. The van der Waals surface area contributed by atoms with Crippen LogP contribution in [0.2, 0.25) is 0 Å². The molecule has 0 spiro atoms. The lowest BCUT2D eigenvalue weighted by molar-refractivity contribution is 0.0263. The van der Waals surface area contributed by atoms with Crippen LogP contribution in [-0.4, -0.2) is 42.8 Å². The van der Waals surface area contributed by atoms with Crippen LogP contribution < -0.4 is 5.73 Å². The second-order valence-electron chi connectivity index (χ2n) is 5.31. The average Bonchev–Trinajstić information content (AvgIpc) is 2.97. The molecule has 94 valence electrons. The van der Waals surface area contributed by atoms with E-state index in [-0.39, 0.29) is 0 Å². The molecule has 1 aliphatic carbocycles. The maximum absolute atomic E-state index is 6.04. The quantitative estimate of drug-likeness (QED) is 0.776. The van der Waals surface area contributed by atoms with Crippen LogP contribution in [0.4, 0.5) is 0 Å². The van der Waals surface area contributed by atoms with Gasteiger partial charge in [0.05, 0.1) is 6.10 Å². The molecule has 1 aliphatic heterocycles. The standard InChI is InChI=1S/C13H26N2O/c1-2-15(10-12-6-5-9-16-12)13(11-14)7-3-4-8-13/h12H,2-11,14H2,1H3. The molecule has 1 saturated carbocycles. The molecular weight excluding hydrogens is 200 g/mol. The third-order valence-corrected chi connectivity index (χ3v) is 4.41. The first-order valence-corrected chi connectivity index (χ1v) is 6.87. The summed E-state index contributed by atoms with van der Waals surface area (Å²) in [7, 11) is 0. The molecule has 2 N–H and O–H groups in total. The van der Waals surface area contributed by atoms with Crippen LogP contribution in [0.25, 0.3) is 0 Å². The molecule has 3 heteroatoms. The Labute approximate surface area is 99.3 Å². The Balaban J connectivity index is 1.96. The van der Waals surface area contributed by atoms with Crippen LogP contribution in [0.5, 0.6) is 0 Å². The number of hydrogen-bond donors (Lipinski definition) is 1. The summed E-state index contributed by atoms with van der Waals surface area (Å²) in [6, 6.07) is 0. The van der Waals surface area contributed by atoms with Gasteiger partial charge in [-0.1, -0.05) is 19.8 Å². The van der Waals surface area contributed by atoms with E-state index in [0.29, 0.717) is 11.6 Å². The van der Waals surface area contributed by atoms with E-state index in [9.17, 15) is 0 Å². The molecule has 0 aromatic carbocycles. The molecule has 1 atom stereocenters. The predicted octanol–water partition coefficient (Wildman–Crippen LogP) is 1.76. The van der Waals surface area contributed by atoms with Crippen molar-refractivity contribution in [3.8, 4) is 0 Å². The van der Waals surface area contributed by atoms with Gasteiger partial charge in [0, 0.05) is 25.2 Å². The Morgan fingerprint density at radius 1 is 1.31 bits per heavy atom. The molecule has 1 heterocycles. The fraction of sp³-hybridized carbons (Fsp3) is 1.00. The molecule has 0 aromatic rings. The minimum atomic E-state index is 0.292. The third-order valence-electron chi connectivity index (χ3n) is 4.41. The molecule has 0 amide bonds. The van der Waals surface area contributed by atoms with Gasteiger partial charge in [-0.25, -0.2) is 0 Å². The molecule has 0 radical (unpaired) electrons. The van der Waals surface area contributed by atoms with Crippen molar-refractivity contribution in [2.24, 2.45) is 5.73 Å². The lowest BCUT2D eigenvalue weighted by atomic mass is 9.94. The number of nitrogens with two attached hydrogens (primary N) is 1. The Morgan fingerprint density at radius 3 is 2.56 bits per heavy atom. The van der Waals surface area contributed by atoms with Crippen molar-refractivity contribution >= 4 is 0 Å². The predicted molar refractivity (Wildman–Crippen MR) is 66.5 cm³/mol. The van der Waals surface area contributed by atoms with Gasteiger partial charge in [-0.3, -0.25) is 4.90 Å². The van der Waals surface area contributed by atoms with Crippen molar-refractivity contribution in [3.63, 3.8) is 0 Å². The third kappa shape index (κ3) is 2.41. The number of ether oxygens (including phenoxy) is 1. The number of likely N-dealkylation sites (N-methyl/N-ethyl adjacent to an activating group) is 1. The zero-order chi connectivity index (χ0) is 11.4. The minimum absolute atomic E-state index is 0.292. The lowest BCUT2D eigenvalue weighted by Gasteiger charge is -2.41. The van der Waals surface area contributed by atoms with E-state index in [1.165, 1.54) is 38.5 Å². The van der Waals surface area contributed by atoms with Gasteiger partial charge in [-0.15, -0.1) is 0 Å². The zero-order valence-corrected chi connectivity index (χ0v) is 10.6. The molecule has 0 aromatic heterocycles. The topological polar surface area (TPSA) is 38.5 Å². The first kappa shape index (κ1) is 12.3. The summed E-state index contributed by atoms with van der Waals surface area (Å²) in [5.74, 6) is 0. The van der Waals surface area contributed by atoms with Crippen LogP contribution in [0.15, 0.2) is 0 Å². The SMILES string of the molecule is CCN(CC1CCCO1)C1(CN)CCCC1. The van der Waals surface area contributed by atoms with Crippen molar-refractivity contribution < 1.29 is 4.74 Å². The van der Waals surface area contributed by atoms with Crippen molar-refractivity contribution in [1.29, 1.82) is 0 Å². The van der Waals surface area contributed by atoms with Crippen molar-refractivity contribution in [1.82, 2.24) is 4.90 Å². The summed E-state index contributed by atoms with van der Waals surface area (Å²) < 4.78 is 5.75. The Bertz CT molecular complexity index is 208. The highest BCUT2D eigenvalue weighted by Gasteiger charge is 2.38. The summed E-state index contributed by atoms with van der Waals surface area (Å²) in [5, 5.41) is 0. The average molecular weight is 226 g/mol. The molecule has 0 bridgehead atoms. The Hall–Kier alpha value is -0.120. The van der Waals surface area contributed by atoms with Crippen LogP contribution in [-0.2, 0) is 4.74 Å². The van der Waals surface area contributed by atoms with Gasteiger partial charge in [0.2, 0.25) is 0 Å². The van der Waals surface area contributed by atoms with Gasteiger partial charge < -0.3 is 10.5 Å². The monoisotopic (exact) mass is 226 g/mol. The molecule has 16 heavy (non-hydrogen) atoms. The number of hydrogen-bond acceptors (Lipinski definition) is 3. The fourth-order valence-corrected chi connectivity index (χ4v) is 3.37. The van der Waals surface area contributed by atoms with E-state index in [0.717, 1.165) is 26.2 Å². The number of nitrogens with zero attached hydrogens (tertiary/aromatic N) is 1. The second-order valence-corrected chi connectivity index (χ2v) is 5.31. The first-order valence-electron chi connectivity index (χ1n) is 6.87. The Kier molecular flexibility index (Phi) is 4.22. The molecule has 1 unspecified atom stereocenters. The smallest absolute Gasteiger partial charge is 0.0703 e. The van der Waals surface area contributed by atoms with Crippen LogP contribution in [0.3, 0.4) is 0 Å². The van der Waals surface area contributed by atoms with Gasteiger partial charge >= 0.3 is 0 Å². The largest absolute Gasteiger partial charge is 0.377 e. The Morgan fingerprint density at radius 2 is 2.06 bits per heavy atom. The van der Waals surface area contributed by atoms with Gasteiger partial charge in [-0.05, 0) is 32.2 Å². The molecule has 2 aliphatic rings.